The van der Waals surface area contributed by atoms with Crippen molar-refractivity contribution in [2.75, 3.05) is 12.9 Å². The molecule has 7 heteroatoms. The quantitative estimate of drug-likeness (QED) is 0.550. The van der Waals surface area contributed by atoms with E-state index >= 15 is 0 Å². The average Bonchev–Trinajstić information content (AvgIpc) is 2.84. The lowest BCUT2D eigenvalue weighted by Crippen LogP contribution is -2.04. The van der Waals surface area contributed by atoms with Crippen LogP contribution in [-0.4, -0.2) is 36.0 Å². The summed E-state index contributed by atoms with van der Waals surface area (Å²) in [7, 11) is -1.36. The van der Waals surface area contributed by atoms with Crippen LogP contribution < -0.4 is 0 Å². The van der Waals surface area contributed by atoms with Gasteiger partial charge in [0.1, 0.15) is 5.82 Å². The fraction of sp³-hybridized carbons (Fsp3) is 0.467. The number of rotatable bonds is 8. The third-order valence-corrected chi connectivity index (χ3v) is 3.93. The molecule has 0 saturated heterocycles. The molecule has 0 unspecified atom stereocenters. The molecule has 0 atom stereocenters. The third kappa shape index (κ3) is 4.92. The lowest BCUT2D eigenvalue weighted by atomic mass is 10.2. The number of aryl methyl sites for hydroxylation is 1. The zero-order valence-electron chi connectivity index (χ0n) is 12.9. The molecule has 1 aromatic carbocycles. The highest BCUT2D eigenvalue weighted by molar-refractivity contribution is 7.85. The van der Waals surface area contributed by atoms with E-state index in [2.05, 4.69) is 10.2 Å². The first kappa shape index (κ1) is 16.6. The molecule has 0 aliphatic rings. The van der Waals surface area contributed by atoms with Crippen LogP contribution in [0.15, 0.2) is 30.3 Å². The van der Waals surface area contributed by atoms with Gasteiger partial charge in [-0.15, -0.1) is 10.2 Å². The fourth-order valence-corrected chi connectivity index (χ4v) is 2.61. The van der Waals surface area contributed by atoms with Gasteiger partial charge in [-0.2, -0.15) is 8.42 Å². The Balaban J connectivity index is 1.81. The van der Waals surface area contributed by atoms with Gasteiger partial charge < -0.3 is 4.57 Å². The summed E-state index contributed by atoms with van der Waals surface area (Å²) >= 11 is 0. The molecule has 0 aliphatic heterocycles. The minimum Gasteiger partial charge on any atom is -0.314 e. The van der Waals surface area contributed by atoms with Gasteiger partial charge in [-0.25, -0.2) is 0 Å². The number of unbranched alkanes of at least 4 members (excludes halogenated alkanes) is 2. The molecule has 6 nitrogen and oxygen atoms in total. The SMILES string of the molecule is Cn1c(CCCCCOS(C)(=O)=O)nnc1-c1ccccc1. The van der Waals surface area contributed by atoms with Gasteiger partial charge in [0.25, 0.3) is 10.1 Å². The lowest BCUT2D eigenvalue weighted by molar-refractivity contribution is 0.310. The predicted molar refractivity (Wildman–Crippen MR) is 84.8 cm³/mol. The van der Waals surface area contributed by atoms with E-state index in [4.69, 9.17) is 4.18 Å². The minimum atomic E-state index is -3.32. The first-order valence-corrected chi connectivity index (χ1v) is 9.07. The van der Waals surface area contributed by atoms with Crippen LogP contribution in [-0.2, 0) is 27.8 Å². The molecule has 1 aromatic heterocycles. The molecule has 120 valence electrons. The van der Waals surface area contributed by atoms with Crippen LogP contribution in [0.1, 0.15) is 25.1 Å². The van der Waals surface area contributed by atoms with E-state index in [0.29, 0.717) is 0 Å². The topological polar surface area (TPSA) is 74.1 Å². The van der Waals surface area contributed by atoms with E-state index < -0.39 is 10.1 Å². The van der Waals surface area contributed by atoms with Crippen LogP contribution in [0.2, 0.25) is 0 Å². The number of benzene rings is 1. The molecule has 0 amide bonds. The zero-order valence-corrected chi connectivity index (χ0v) is 13.7. The average molecular weight is 323 g/mol. The first-order valence-electron chi connectivity index (χ1n) is 7.25. The maximum absolute atomic E-state index is 10.8. The van der Waals surface area contributed by atoms with Gasteiger partial charge in [0.2, 0.25) is 0 Å². The molecule has 0 saturated carbocycles. The molecule has 0 fully saturated rings. The largest absolute Gasteiger partial charge is 0.314 e. The molecule has 0 spiro atoms. The molecule has 2 rings (SSSR count). The van der Waals surface area contributed by atoms with Gasteiger partial charge in [0.15, 0.2) is 5.82 Å². The molecule has 0 N–H and O–H groups in total. The molecule has 0 bridgehead atoms. The van der Waals surface area contributed by atoms with Crippen LogP contribution in [0.5, 0.6) is 0 Å². The van der Waals surface area contributed by atoms with Gasteiger partial charge in [-0.05, 0) is 12.8 Å². The van der Waals surface area contributed by atoms with E-state index in [1.807, 2.05) is 41.9 Å². The van der Waals surface area contributed by atoms with Gasteiger partial charge in [-0.1, -0.05) is 36.8 Å². The highest BCUT2D eigenvalue weighted by Gasteiger charge is 2.10. The van der Waals surface area contributed by atoms with Crippen molar-refractivity contribution in [3.05, 3.63) is 36.2 Å². The second-order valence-corrected chi connectivity index (χ2v) is 6.85. The molecular formula is C15H21N3O3S. The predicted octanol–water partition coefficient (Wildman–Crippen LogP) is 2.17. The van der Waals surface area contributed by atoms with Crippen LogP contribution in [0.3, 0.4) is 0 Å². The maximum atomic E-state index is 10.8. The molecular weight excluding hydrogens is 302 g/mol. The summed E-state index contributed by atoms with van der Waals surface area (Å²) in [5.74, 6) is 1.79. The van der Waals surface area contributed by atoms with E-state index in [-0.39, 0.29) is 6.61 Å². The summed E-state index contributed by atoms with van der Waals surface area (Å²) in [5, 5.41) is 8.48. The van der Waals surface area contributed by atoms with Crippen molar-refractivity contribution in [1.29, 1.82) is 0 Å². The first-order chi connectivity index (χ1) is 10.5. The smallest absolute Gasteiger partial charge is 0.264 e. The van der Waals surface area contributed by atoms with Crippen molar-refractivity contribution in [2.24, 2.45) is 7.05 Å². The third-order valence-electron chi connectivity index (χ3n) is 3.34. The summed E-state index contributed by atoms with van der Waals surface area (Å²) in [6, 6.07) is 9.95. The van der Waals surface area contributed by atoms with Crippen molar-refractivity contribution in [1.82, 2.24) is 14.8 Å². The molecule has 22 heavy (non-hydrogen) atoms. The van der Waals surface area contributed by atoms with Crippen LogP contribution in [0.4, 0.5) is 0 Å². The maximum Gasteiger partial charge on any atom is 0.264 e. The Bertz CT molecular complexity index is 696. The van der Waals surface area contributed by atoms with Gasteiger partial charge in [0.05, 0.1) is 12.9 Å². The molecule has 2 aromatic rings. The normalized spacial score (nSPS) is 11.7. The summed E-state index contributed by atoms with van der Waals surface area (Å²) < 4.78 is 28.4. The number of hydrogen-bond donors (Lipinski definition) is 0. The lowest BCUT2D eigenvalue weighted by Gasteiger charge is -2.04. The molecule has 0 aliphatic carbocycles. The van der Waals surface area contributed by atoms with Crippen LogP contribution >= 0.6 is 0 Å². The summed E-state index contributed by atoms with van der Waals surface area (Å²) in [6.07, 6.45) is 4.42. The number of aromatic nitrogens is 3. The van der Waals surface area contributed by atoms with E-state index in [0.717, 1.165) is 49.2 Å². The Morgan fingerprint density at radius 3 is 2.50 bits per heavy atom. The molecule has 0 radical (unpaired) electrons. The highest BCUT2D eigenvalue weighted by atomic mass is 32.2. The van der Waals surface area contributed by atoms with Crippen molar-refractivity contribution < 1.29 is 12.6 Å². The Morgan fingerprint density at radius 2 is 1.82 bits per heavy atom. The van der Waals surface area contributed by atoms with E-state index in [1.165, 1.54) is 0 Å². The van der Waals surface area contributed by atoms with E-state index in [1.54, 1.807) is 0 Å². The van der Waals surface area contributed by atoms with Gasteiger partial charge >= 0.3 is 0 Å². The molecule has 1 heterocycles. The Morgan fingerprint density at radius 1 is 1.09 bits per heavy atom. The second-order valence-electron chi connectivity index (χ2n) is 5.20. The second kappa shape index (κ2) is 7.51. The summed E-state index contributed by atoms with van der Waals surface area (Å²) in [6.45, 7) is 0.243. The standard InChI is InChI=1S/C15H21N3O3S/c1-18-14(11-7-4-8-12-21-22(2,19)20)16-17-15(18)13-9-5-3-6-10-13/h3,5-6,9-10H,4,7-8,11-12H2,1-2H3. The zero-order chi connectivity index (χ0) is 16.0. The van der Waals surface area contributed by atoms with E-state index in [9.17, 15) is 8.42 Å². The minimum absolute atomic E-state index is 0.243. The van der Waals surface area contributed by atoms with Crippen molar-refractivity contribution in [2.45, 2.75) is 25.7 Å². The number of nitrogens with zero attached hydrogens (tertiary/aromatic N) is 3. The summed E-state index contributed by atoms with van der Waals surface area (Å²) in [4.78, 5) is 0. The van der Waals surface area contributed by atoms with Crippen molar-refractivity contribution in [3.63, 3.8) is 0 Å². The Hall–Kier alpha value is -1.73. The van der Waals surface area contributed by atoms with Crippen molar-refractivity contribution in [3.8, 4) is 11.4 Å². The Kier molecular flexibility index (Phi) is 5.68. The Labute approximate surface area is 131 Å². The van der Waals surface area contributed by atoms with Crippen LogP contribution in [0.25, 0.3) is 11.4 Å². The summed E-state index contributed by atoms with van der Waals surface area (Å²) in [5.41, 5.74) is 1.05. The fourth-order valence-electron chi connectivity index (χ4n) is 2.19. The van der Waals surface area contributed by atoms with Gasteiger partial charge in [-0.3, -0.25) is 4.18 Å². The van der Waals surface area contributed by atoms with Crippen molar-refractivity contribution >= 4 is 10.1 Å². The van der Waals surface area contributed by atoms with Crippen LogP contribution in [0, 0.1) is 0 Å². The number of hydrogen-bond acceptors (Lipinski definition) is 5. The monoisotopic (exact) mass is 323 g/mol. The van der Waals surface area contributed by atoms with Gasteiger partial charge in [0, 0.05) is 19.0 Å². The highest BCUT2D eigenvalue weighted by Crippen LogP contribution is 2.17.